The minimum Gasteiger partial charge on any atom is -0.497 e. The van der Waals surface area contributed by atoms with Crippen molar-refractivity contribution in [1.82, 2.24) is 19.6 Å². The Bertz CT molecular complexity index is 1450. The van der Waals surface area contributed by atoms with Crippen molar-refractivity contribution >= 4 is 28.4 Å². The van der Waals surface area contributed by atoms with Gasteiger partial charge in [-0.3, -0.25) is 4.79 Å². The van der Waals surface area contributed by atoms with Crippen LogP contribution < -0.4 is 15.8 Å². The monoisotopic (exact) mass is 438 g/mol. The minimum atomic E-state index is -0.672. The Labute approximate surface area is 190 Å². The molecular formula is C25H22N6O2. The van der Waals surface area contributed by atoms with Crippen LogP contribution in [0.15, 0.2) is 78.9 Å². The molecule has 0 radical (unpaired) electrons. The summed E-state index contributed by atoms with van der Waals surface area (Å²) in [5.74, 6) is 1.15. The van der Waals surface area contributed by atoms with Crippen LogP contribution in [0.1, 0.15) is 5.56 Å². The number of fused-ring (bicyclic) bond motifs is 3. The second-order valence-electron chi connectivity index (χ2n) is 7.64. The highest BCUT2D eigenvalue weighted by atomic mass is 16.5. The van der Waals surface area contributed by atoms with Crippen LogP contribution >= 0.6 is 0 Å². The summed E-state index contributed by atoms with van der Waals surface area (Å²) in [4.78, 5) is 21.8. The molecule has 33 heavy (non-hydrogen) atoms. The topological polar surface area (TPSA) is 107 Å². The predicted octanol–water partition coefficient (Wildman–Crippen LogP) is 3.46. The number of hydrogen-bond donors (Lipinski definition) is 2. The van der Waals surface area contributed by atoms with Crippen LogP contribution in [0.25, 0.3) is 27.9 Å². The molecule has 3 N–H and O–H groups in total. The number of carbonyl (C=O) groups is 1. The van der Waals surface area contributed by atoms with Gasteiger partial charge in [-0.2, -0.15) is 4.52 Å². The fraction of sp³-hybridized carbons (Fsp3) is 0.120. The zero-order chi connectivity index (χ0) is 22.8. The highest BCUT2D eigenvalue weighted by Gasteiger charge is 2.21. The maximum Gasteiger partial charge on any atom is 0.240 e. The van der Waals surface area contributed by atoms with Crippen molar-refractivity contribution < 1.29 is 9.53 Å². The zero-order valence-electron chi connectivity index (χ0n) is 18.0. The second-order valence-corrected chi connectivity index (χ2v) is 7.64. The largest absolute Gasteiger partial charge is 0.497 e. The molecular weight excluding hydrogens is 416 g/mol. The predicted molar refractivity (Wildman–Crippen MR) is 127 cm³/mol. The van der Waals surface area contributed by atoms with E-state index < -0.39 is 11.9 Å². The third-order valence-corrected chi connectivity index (χ3v) is 5.44. The van der Waals surface area contributed by atoms with E-state index in [0.29, 0.717) is 29.6 Å². The lowest BCUT2D eigenvalue weighted by molar-refractivity contribution is -0.118. The summed E-state index contributed by atoms with van der Waals surface area (Å²) >= 11 is 0. The molecule has 0 aliphatic carbocycles. The summed E-state index contributed by atoms with van der Waals surface area (Å²) in [7, 11) is 1.62. The van der Waals surface area contributed by atoms with Crippen LogP contribution in [0.3, 0.4) is 0 Å². The summed E-state index contributed by atoms with van der Waals surface area (Å²) in [6.45, 7) is 0. The molecule has 0 saturated heterocycles. The molecule has 2 heterocycles. The first-order valence-electron chi connectivity index (χ1n) is 10.5. The normalized spacial score (nSPS) is 12.0. The Hall–Kier alpha value is -4.46. The van der Waals surface area contributed by atoms with Crippen molar-refractivity contribution in [2.75, 3.05) is 12.4 Å². The summed E-state index contributed by atoms with van der Waals surface area (Å²) in [5.41, 5.74) is 8.89. The highest BCUT2D eigenvalue weighted by molar-refractivity contribution is 5.93. The number of para-hydroxylation sites is 1. The van der Waals surface area contributed by atoms with Crippen LogP contribution in [0.2, 0.25) is 0 Å². The van der Waals surface area contributed by atoms with Gasteiger partial charge in [0.1, 0.15) is 11.8 Å². The van der Waals surface area contributed by atoms with E-state index in [9.17, 15) is 4.79 Å². The number of anilines is 1. The van der Waals surface area contributed by atoms with E-state index in [1.807, 2.05) is 78.9 Å². The van der Waals surface area contributed by atoms with Gasteiger partial charge in [0.05, 0.1) is 12.6 Å². The molecule has 8 nitrogen and oxygen atoms in total. The number of nitrogens with two attached hydrogens (primary N) is 1. The zero-order valence-corrected chi connectivity index (χ0v) is 18.0. The number of rotatable bonds is 7. The molecule has 3 aromatic carbocycles. The van der Waals surface area contributed by atoms with E-state index in [0.717, 1.165) is 22.0 Å². The molecule has 0 aliphatic rings. The number of nitrogens with one attached hydrogen (secondary N) is 1. The molecule has 0 spiro atoms. The van der Waals surface area contributed by atoms with E-state index in [4.69, 9.17) is 25.5 Å². The SMILES string of the molecule is COc1cccc(-c2nc3c4ccccc4nc(N[C@H](Cc4ccccc4)C(N)=O)n3n2)c1. The third kappa shape index (κ3) is 4.06. The Morgan fingerprint density at radius 1 is 1.03 bits per heavy atom. The molecule has 1 atom stereocenters. The van der Waals surface area contributed by atoms with Crippen molar-refractivity contribution in [3.05, 3.63) is 84.4 Å². The van der Waals surface area contributed by atoms with Crippen molar-refractivity contribution in [3.8, 4) is 17.1 Å². The number of ether oxygens (including phenoxy) is 1. The number of primary amides is 1. The van der Waals surface area contributed by atoms with Crippen LogP contribution in [0.4, 0.5) is 5.95 Å². The number of nitrogens with zero attached hydrogens (tertiary/aromatic N) is 4. The number of benzene rings is 3. The van der Waals surface area contributed by atoms with Gasteiger partial charge in [-0.1, -0.05) is 54.6 Å². The fourth-order valence-corrected chi connectivity index (χ4v) is 3.76. The average molecular weight is 438 g/mol. The molecule has 164 valence electrons. The van der Waals surface area contributed by atoms with Gasteiger partial charge >= 0.3 is 0 Å². The lowest BCUT2D eigenvalue weighted by Crippen LogP contribution is -2.38. The average Bonchev–Trinajstić information content (AvgIpc) is 3.30. The molecule has 2 aromatic heterocycles. The Morgan fingerprint density at radius 3 is 2.61 bits per heavy atom. The number of hydrogen-bond acceptors (Lipinski definition) is 6. The summed E-state index contributed by atoms with van der Waals surface area (Å²) in [6.07, 6.45) is 0.420. The van der Waals surface area contributed by atoms with Crippen molar-refractivity contribution in [1.29, 1.82) is 0 Å². The summed E-state index contributed by atoms with van der Waals surface area (Å²) < 4.78 is 6.96. The lowest BCUT2D eigenvalue weighted by Gasteiger charge is -2.17. The van der Waals surface area contributed by atoms with Crippen LogP contribution in [-0.2, 0) is 11.2 Å². The smallest absolute Gasteiger partial charge is 0.240 e. The van der Waals surface area contributed by atoms with Crippen LogP contribution in [0, 0.1) is 0 Å². The molecule has 5 rings (SSSR count). The number of amides is 1. The van der Waals surface area contributed by atoms with Crippen molar-refractivity contribution in [2.24, 2.45) is 5.73 Å². The van der Waals surface area contributed by atoms with Gasteiger partial charge in [-0.25, -0.2) is 9.97 Å². The van der Waals surface area contributed by atoms with Gasteiger partial charge in [0, 0.05) is 17.4 Å². The molecule has 0 bridgehead atoms. The molecule has 0 aliphatic heterocycles. The van der Waals surface area contributed by atoms with E-state index in [1.165, 1.54) is 0 Å². The fourth-order valence-electron chi connectivity index (χ4n) is 3.76. The van der Waals surface area contributed by atoms with Gasteiger partial charge in [-0.05, 0) is 29.8 Å². The van der Waals surface area contributed by atoms with Gasteiger partial charge in [0.25, 0.3) is 0 Å². The first kappa shape index (κ1) is 20.4. The Balaban J connectivity index is 1.62. The molecule has 0 saturated carbocycles. The third-order valence-electron chi connectivity index (χ3n) is 5.44. The van der Waals surface area contributed by atoms with Crippen molar-refractivity contribution in [3.63, 3.8) is 0 Å². The van der Waals surface area contributed by atoms with E-state index >= 15 is 0 Å². The highest BCUT2D eigenvalue weighted by Crippen LogP contribution is 2.26. The summed E-state index contributed by atoms with van der Waals surface area (Å²) in [5, 5.41) is 8.75. The van der Waals surface area contributed by atoms with Gasteiger partial charge < -0.3 is 15.8 Å². The first-order chi connectivity index (χ1) is 16.1. The Morgan fingerprint density at radius 2 is 1.82 bits per heavy atom. The molecule has 0 fully saturated rings. The summed E-state index contributed by atoms with van der Waals surface area (Å²) in [6, 6.07) is 24.3. The lowest BCUT2D eigenvalue weighted by atomic mass is 10.1. The van der Waals surface area contributed by atoms with Gasteiger partial charge in [0.15, 0.2) is 11.5 Å². The molecule has 8 heteroatoms. The van der Waals surface area contributed by atoms with Gasteiger partial charge in [-0.15, -0.1) is 5.10 Å². The van der Waals surface area contributed by atoms with E-state index in [-0.39, 0.29) is 0 Å². The van der Waals surface area contributed by atoms with Gasteiger partial charge in [0.2, 0.25) is 11.9 Å². The molecule has 1 amide bonds. The number of aromatic nitrogens is 4. The number of carbonyl (C=O) groups excluding carboxylic acids is 1. The van der Waals surface area contributed by atoms with Crippen LogP contribution in [0.5, 0.6) is 5.75 Å². The first-order valence-corrected chi connectivity index (χ1v) is 10.5. The Kier molecular flexibility index (Phi) is 5.32. The van der Waals surface area contributed by atoms with E-state index in [1.54, 1.807) is 11.6 Å². The minimum absolute atomic E-state index is 0.394. The standard InChI is InChI=1S/C25H22N6O2/c1-33-18-11-7-10-17(15-18)23-29-24-19-12-5-6-13-20(19)27-25(31(24)30-23)28-21(22(26)32)14-16-8-3-2-4-9-16/h2-13,15,21H,14H2,1H3,(H2,26,32)(H,27,28)/t21-/m1/s1. The molecule has 5 aromatic rings. The maximum atomic E-state index is 12.3. The van der Waals surface area contributed by atoms with Crippen molar-refractivity contribution in [2.45, 2.75) is 12.5 Å². The number of methoxy groups -OCH3 is 1. The quantitative estimate of drug-likeness (QED) is 0.403. The van der Waals surface area contributed by atoms with Crippen LogP contribution in [-0.4, -0.2) is 38.6 Å². The maximum absolute atomic E-state index is 12.3. The molecule has 0 unspecified atom stereocenters. The second kappa shape index (κ2) is 8.58. The van der Waals surface area contributed by atoms with E-state index in [2.05, 4.69) is 5.32 Å².